The Morgan fingerprint density at radius 1 is 1.20 bits per heavy atom. The lowest BCUT2D eigenvalue weighted by atomic mass is 10.1. The SMILES string of the molecule is CCc1ccccc1Nc1nc(NC)nc2nc[nH]c12. The van der Waals surface area contributed by atoms with Crippen molar-refractivity contribution in [1.82, 2.24) is 19.9 Å². The monoisotopic (exact) mass is 268 g/mol. The zero-order valence-corrected chi connectivity index (χ0v) is 11.4. The zero-order chi connectivity index (χ0) is 13.9. The second-order valence-corrected chi connectivity index (χ2v) is 4.38. The Balaban J connectivity index is 2.07. The number of aromatic nitrogens is 4. The molecule has 2 heterocycles. The van der Waals surface area contributed by atoms with E-state index in [0.29, 0.717) is 11.6 Å². The number of hydrogen-bond donors (Lipinski definition) is 3. The molecule has 0 spiro atoms. The second-order valence-electron chi connectivity index (χ2n) is 4.38. The van der Waals surface area contributed by atoms with E-state index in [9.17, 15) is 0 Å². The maximum atomic E-state index is 4.46. The standard InChI is InChI=1S/C14H16N6/c1-3-9-6-4-5-7-10(9)18-13-11-12(17-8-16-11)19-14(15-2)20-13/h4-8H,3H2,1-2H3,(H3,15,16,17,18,19,20). The summed E-state index contributed by atoms with van der Waals surface area (Å²) in [7, 11) is 1.79. The van der Waals surface area contributed by atoms with Crippen molar-refractivity contribution >= 4 is 28.6 Å². The maximum absolute atomic E-state index is 4.46. The predicted octanol–water partition coefficient (Wildman–Crippen LogP) is 2.70. The molecule has 0 fully saturated rings. The summed E-state index contributed by atoms with van der Waals surface area (Å²) in [5.74, 6) is 1.26. The van der Waals surface area contributed by atoms with Gasteiger partial charge in [0.25, 0.3) is 0 Å². The third kappa shape index (κ3) is 2.16. The molecular formula is C14H16N6. The van der Waals surface area contributed by atoms with Gasteiger partial charge >= 0.3 is 0 Å². The fourth-order valence-corrected chi connectivity index (χ4v) is 2.11. The van der Waals surface area contributed by atoms with Crippen LogP contribution in [0.3, 0.4) is 0 Å². The first kappa shape index (κ1) is 12.4. The first-order valence-corrected chi connectivity index (χ1v) is 6.55. The van der Waals surface area contributed by atoms with Crippen molar-refractivity contribution in [3.63, 3.8) is 0 Å². The van der Waals surface area contributed by atoms with Gasteiger partial charge in [-0.3, -0.25) is 0 Å². The second kappa shape index (κ2) is 5.16. The highest BCUT2D eigenvalue weighted by atomic mass is 15.2. The van der Waals surface area contributed by atoms with E-state index >= 15 is 0 Å². The number of anilines is 3. The van der Waals surface area contributed by atoms with Crippen LogP contribution < -0.4 is 10.6 Å². The van der Waals surface area contributed by atoms with Gasteiger partial charge in [0.2, 0.25) is 5.95 Å². The van der Waals surface area contributed by atoms with Crippen molar-refractivity contribution in [1.29, 1.82) is 0 Å². The lowest BCUT2D eigenvalue weighted by Crippen LogP contribution is -2.03. The normalized spacial score (nSPS) is 10.7. The smallest absolute Gasteiger partial charge is 0.226 e. The number of para-hydroxylation sites is 1. The number of fused-ring (bicyclic) bond motifs is 1. The van der Waals surface area contributed by atoms with Gasteiger partial charge in [0, 0.05) is 12.7 Å². The summed E-state index contributed by atoms with van der Waals surface area (Å²) in [5.41, 5.74) is 3.73. The summed E-state index contributed by atoms with van der Waals surface area (Å²) in [4.78, 5) is 16.0. The molecule has 6 nitrogen and oxygen atoms in total. The van der Waals surface area contributed by atoms with Crippen LogP contribution in [0.25, 0.3) is 11.2 Å². The number of hydrogen-bond acceptors (Lipinski definition) is 5. The average Bonchev–Trinajstić information content (AvgIpc) is 2.96. The van der Waals surface area contributed by atoms with E-state index in [4.69, 9.17) is 0 Å². The molecule has 0 aliphatic rings. The Hall–Kier alpha value is -2.63. The highest BCUT2D eigenvalue weighted by Crippen LogP contribution is 2.25. The van der Waals surface area contributed by atoms with Crippen molar-refractivity contribution in [3.8, 4) is 0 Å². The third-order valence-electron chi connectivity index (χ3n) is 3.16. The number of benzene rings is 1. The van der Waals surface area contributed by atoms with E-state index in [0.717, 1.165) is 23.4 Å². The number of H-pyrrole nitrogens is 1. The van der Waals surface area contributed by atoms with Gasteiger partial charge in [0.05, 0.1) is 6.33 Å². The molecule has 0 aliphatic carbocycles. The molecule has 0 bridgehead atoms. The highest BCUT2D eigenvalue weighted by Gasteiger charge is 2.10. The molecule has 20 heavy (non-hydrogen) atoms. The number of aromatic amines is 1. The summed E-state index contributed by atoms with van der Waals surface area (Å²) in [6, 6.07) is 8.19. The molecule has 3 rings (SSSR count). The minimum Gasteiger partial charge on any atom is -0.357 e. The Kier molecular flexibility index (Phi) is 3.20. The quantitative estimate of drug-likeness (QED) is 0.678. The third-order valence-corrected chi connectivity index (χ3v) is 3.16. The largest absolute Gasteiger partial charge is 0.357 e. The Labute approximate surface area is 116 Å². The van der Waals surface area contributed by atoms with Gasteiger partial charge in [-0.2, -0.15) is 9.97 Å². The van der Waals surface area contributed by atoms with Gasteiger partial charge in [0.15, 0.2) is 11.5 Å². The minimum atomic E-state index is 0.543. The van der Waals surface area contributed by atoms with Crippen LogP contribution >= 0.6 is 0 Å². The lowest BCUT2D eigenvalue weighted by Gasteiger charge is -2.11. The fourth-order valence-electron chi connectivity index (χ4n) is 2.11. The number of aryl methyl sites for hydroxylation is 1. The van der Waals surface area contributed by atoms with Crippen molar-refractivity contribution in [2.24, 2.45) is 0 Å². The van der Waals surface area contributed by atoms with E-state index in [-0.39, 0.29) is 0 Å². The Bertz CT molecular complexity index is 733. The van der Waals surface area contributed by atoms with Crippen molar-refractivity contribution in [2.45, 2.75) is 13.3 Å². The number of imidazole rings is 1. The van der Waals surface area contributed by atoms with Crippen LogP contribution in [0, 0.1) is 0 Å². The van der Waals surface area contributed by atoms with Gasteiger partial charge in [-0.05, 0) is 18.1 Å². The summed E-state index contributed by atoms with van der Waals surface area (Å²) in [6.45, 7) is 2.13. The molecule has 2 aromatic heterocycles. The molecule has 0 saturated carbocycles. The van der Waals surface area contributed by atoms with Crippen LogP contribution in [0.2, 0.25) is 0 Å². The van der Waals surface area contributed by atoms with Gasteiger partial charge < -0.3 is 15.6 Å². The Morgan fingerprint density at radius 2 is 2.05 bits per heavy atom. The number of nitrogens with zero attached hydrogens (tertiary/aromatic N) is 3. The molecule has 1 aromatic carbocycles. The summed E-state index contributed by atoms with van der Waals surface area (Å²) in [6.07, 6.45) is 2.58. The topological polar surface area (TPSA) is 78.5 Å². The fraction of sp³-hybridized carbons (Fsp3) is 0.214. The highest BCUT2D eigenvalue weighted by molar-refractivity contribution is 5.86. The summed E-state index contributed by atoms with van der Waals surface area (Å²) < 4.78 is 0. The van der Waals surface area contributed by atoms with Gasteiger partial charge in [-0.15, -0.1) is 0 Å². The van der Waals surface area contributed by atoms with Gasteiger partial charge in [0.1, 0.15) is 5.52 Å². The van der Waals surface area contributed by atoms with Crippen LogP contribution in [-0.2, 0) is 6.42 Å². The van der Waals surface area contributed by atoms with E-state index in [1.54, 1.807) is 13.4 Å². The van der Waals surface area contributed by atoms with Crippen LogP contribution in [-0.4, -0.2) is 27.0 Å². The van der Waals surface area contributed by atoms with E-state index in [1.165, 1.54) is 5.56 Å². The molecule has 0 saturated heterocycles. The van der Waals surface area contributed by atoms with Gasteiger partial charge in [-0.25, -0.2) is 4.98 Å². The van der Waals surface area contributed by atoms with Gasteiger partial charge in [-0.1, -0.05) is 25.1 Å². The average molecular weight is 268 g/mol. The maximum Gasteiger partial charge on any atom is 0.226 e. The number of rotatable bonds is 4. The first-order valence-electron chi connectivity index (χ1n) is 6.55. The molecule has 0 atom stereocenters. The predicted molar refractivity (Wildman–Crippen MR) is 80.3 cm³/mol. The van der Waals surface area contributed by atoms with Crippen LogP contribution in [0.4, 0.5) is 17.5 Å². The first-order chi connectivity index (χ1) is 9.81. The van der Waals surface area contributed by atoms with Crippen LogP contribution in [0.15, 0.2) is 30.6 Å². The van der Waals surface area contributed by atoms with Crippen LogP contribution in [0.1, 0.15) is 12.5 Å². The number of nitrogens with one attached hydrogen (secondary N) is 3. The Morgan fingerprint density at radius 3 is 2.85 bits per heavy atom. The lowest BCUT2D eigenvalue weighted by molar-refractivity contribution is 1.13. The van der Waals surface area contributed by atoms with Crippen molar-refractivity contribution in [3.05, 3.63) is 36.2 Å². The molecule has 6 heteroatoms. The molecule has 0 aliphatic heterocycles. The molecule has 3 aromatic rings. The zero-order valence-electron chi connectivity index (χ0n) is 11.4. The van der Waals surface area contributed by atoms with E-state index in [1.807, 2.05) is 18.2 Å². The molecule has 0 amide bonds. The molecule has 0 radical (unpaired) electrons. The van der Waals surface area contributed by atoms with E-state index < -0.39 is 0 Å². The van der Waals surface area contributed by atoms with E-state index in [2.05, 4.69) is 43.6 Å². The minimum absolute atomic E-state index is 0.543. The van der Waals surface area contributed by atoms with Crippen molar-refractivity contribution < 1.29 is 0 Å². The molecular weight excluding hydrogens is 252 g/mol. The van der Waals surface area contributed by atoms with Crippen molar-refractivity contribution in [2.75, 3.05) is 17.7 Å². The summed E-state index contributed by atoms with van der Waals surface area (Å²) in [5, 5.41) is 6.31. The summed E-state index contributed by atoms with van der Waals surface area (Å²) >= 11 is 0. The molecule has 3 N–H and O–H groups in total. The van der Waals surface area contributed by atoms with Crippen LogP contribution in [0.5, 0.6) is 0 Å². The molecule has 102 valence electrons. The molecule has 0 unspecified atom stereocenters.